The SMILES string of the molecule is C[N+](C)(C)C1CC(=O)Cc2ccccc21. The summed E-state index contributed by atoms with van der Waals surface area (Å²) in [4.78, 5) is 11.7. The van der Waals surface area contributed by atoms with Crippen LogP contribution < -0.4 is 0 Å². The van der Waals surface area contributed by atoms with Crippen molar-refractivity contribution in [1.82, 2.24) is 0 Å². The van der Waals surface area contributed by atoms with Gasteiger partial charge in [0.05, 0.1) is 27.6 Å². The molecule has 0 heterocycles. The molecule has 1 aliphatic rings. The number of rotatable bonds is 1. The Morgan fingerprint density at radius 2 is 1.87 bits per heavy atom. The number of benzene rings is 1. The van der Waals surface area contributed by atoms with E-state index in [1.165, 1.54) is 11.1 Å². The lowest BCUT2D eigenvalue weighted by Gasteiger charge is -2.37. The lowest BCUT2D eigenvalue weighted by atomic mass is 9.85. The number of Topliss-reactive ketones (excluding diaryl/α,β-unsaturated/α-hetero) is 1. The maximum absolute atomic E-state index is 11.7. The van der Waals surface area contributed by atoms with E-state index in [1.807, 2.05) is 6.07 Å². The molecule has 0 aromatic heterocycles. The molecular formula is C13H18NO+. The number of carbonyl (C=O) groups is 1. The number of nitrogens with zero attached hydrogens (tertiary/aromatic N) is 1. The highest BCUT2D eigenvalue weighted by Crippen LogP contribution is 2.34. The summed E-state index contributed by atoms with van der Waals surface area (Å²) in [5, 5.41) is 0. The van der Waals surface area contributed by atoms with E-state index in [4.69, 9.17) is 0 Å². The minimum absolute atomic E-state index is 0.322. The number of quaternary nitrogens is 1. The molecule has 2 heteroatoms. The van der Waals surface area contributed by atoms with Gasteiger partial charge in [-0.25, -0.2) is 0 Å². The standard InChI is InChI=1S/C13H18NO/c1-14(2,3)13-9-11(15)8-10-6-4-5-7-12(10)13/h4-7,13H,8-9H2,1-3H3/q+1. The van der Waals surface area contributed by atoms with Crippen LogP contribution in [0.25, 0.3) is 0 Å². The van der Waals surface area contributed by atoms with Gasteiger partial charge >= 0.3 is 0 Å². The molecule has 0 amide bonds. The molecule has 1 unspecified atom stereocenters. The van der Waals surface area contributed by atoms with E-state index in [9.17, 15) is 4.79 Å². The Hall–Kier alpha value is -1.15. The van der Waals surface area contributed by atoms with E-state index in [-0.39, 0.29) is 0 Å². The van der Waals surface area contributed by atoms with E-state index < -0.39 is 0 Å². The van der Waals surface area contributed by atoms with Crippen LogP contribution in [0, 0.1) is 0 Å². The van der Waals surface area contributed by atoms with Crippen molar-refractivity contribution in [3.8, 4) is 0 Å². The Morgan fingerprint density at radius 3 is 2.53 bits per heavy atom. The third kappa shape index (κ3) is 1.95. The van der Waals surface area contributed by atoms with Crippen molar-refractivity contribution in [1.29, 1.82) is 0 Å². The van der Waals surface area contributed by atoms with Crippen LogP contribution >= 0.6 is 0 Å². The van der Waals surface area contributed by atoms with Gasteiger partial charge in [-0.1, -0.05) is 24.3 Å². The quantitative estimate of drug-likeness (QED) is 0.639. The second kappa shape index (κ2) is 3.46. The molecule has 0 saturated carbocycles. The van der Waals surface area contributed by atoms with Crippen LogP contribution in [0.2, 0.25) is 0 Å². The first-order chi connectivity index (χ1) is 6.98. The molecule has 2 rings (SSSR count). The smallest absolute Gasteiger partial charge is 0.143 e. The Labute approximate surface area is 91.1 Å². The van der Waals surface area contributed by atoms with E-state index >= 15 is 0 Å². The van der Waals surface area contributed by atoms with Crippen molar-refractivity contribution in [2.45, 2.75) is 18.9 Å². The normalized spacial score (nSPS) is 21.3. The van der Waals surface area contributed by atoms with E-state index in [2.05, 4.69) is 39.3 Å². The van der Waals surface area contributed by atoms with Crippen molar-refractivity contribution in [3.05, 3.63) is 35.4 Å². The van der Waals surface area contributed by atoms with E-state index in [0.29, 0.717) is 24.7 Å². The number of hydrogen-bond donors (Lipinski definition) is 0. The van der Waals surface area contributed by atoms with E-state index in [0.717, 1.165) is 4.48 Å². The summed E-state index contributed by atoms with van der Waals surface area (Å²) < 4.78 is 0.822. The average Bonchev–Trinajstić information content (AvgIpc) is 2.15. The maximum Gasteiger partial charge on any atom is 0.143 e. The van der Waals surface area contributed by atoms with Gasteiger partial charge < -0.3 is 4.48 Å². The largest absolute Gasteiger partial charge is 0.324 e. The minimum atomic E-state index is 0.322. The second-order valence-corrected chi connectivity index (χ2v) is 5.25. The Bertz CT molecular complexity index is 390. The highest BCUT2D eigenvalue weighted by atomic mass is 16.1. The van der Waals surface area contributed by atoms with Gasteiger partial charge in [0, 0.05) is 12.0 Å². The van der Waals surface area contributed by atoms with Crippen LogP contribution in [0.15, 0.2) is 24.3 Å². The highest BCUT2D eigenvalue weighted by molar-refractivity contribution is 5.83. The highest BCUT2D eigenvalue weighted by Gasteiger charge is 2.33. The van der Waals surface area contributed by atoms with Crippen LogP contribution in [0.1, 0.15) is 23.6 Å². The molecule has 80 valence electrons. The zero-order valence-corrected chi connectivity index (χ0v) is 9.66. The first-order valence-electron chi connectivity index (χ1n) is 5.39. The fourth-order valence-electron chi connectivity index (χ4n) is 2.32. The molecule has 0 N–H and O–H groups in total. The number of carbonyl (C=O) groups excluding carboxylic acids is 1. The van der Waals surface area contributed by atoms with Gasteiger partial charge in [0.2, 0.25) is 0 Å². The van der Waals surface area contributed by atoms with Crippen molar-refractivity contribution in [2.75, 3.05) is 21.1 Å². The topological polar surface area (TPSA) is 17.1 Å². The third-order valence-corrected chi connectivity index (χ3v) is 3.16. The Kier molecular flexibility index (Phi) is 2.39. The average molecular weight is 204 g/mol. The van der Waals surface area contributed by atoms with Crippen molar-refractivity contribution in [2.24, 2.45) is 0 Å². The number of hydrogen-bond acceptors (Lipinski definition) is 1. The lowest BCUT2D eigenvalue weighted by Crippen LogP contribution is -2.42. The summed E-state index contributed by atoms with van der Waals surface area (Å²) in [7, 11) is 6.46. The summed E-state index contributed by atoms with van der Waals surface area (Å²) in [5.74, 6) is 0.367. The molecule has 15 heavy (non-hydrogen) atoms. The third-order valence-electron chi connectivity index (χ3n) is 3.16. The monoisotopic (exact) mass is 204 g/mol. The van der Waals surface area contributed by atoms with Crippen LogP contribution in [0.4, 0.5) is 0 Å². The molecule has 0 radical (unpaired) electrons. The minimum Gasteiger partial charge on any atom is -0.324 e. The summed E-state index contributed by atoms with van der Waals surface area (Å²) >= 11 is 0. The van der Waals surface area contributed by atoms with Crippen molar-refractivity contribution < 1.29 is 9.28 Å². The lowest BCUT2D eigenvalue weighted by molar-refractivity contribution is -0.901. The van der Waals surface area contributed by atoms with Gasteiger partial charge in [-0.05, 0) is 5.56 Å². The first-order valence-corrected chi connectivity index (χ1v) is 5.39. The number of fused-ring (bicyclic) bond motifs is 1. The van der Waals surface area contributed by atoms with Crippen LogP contribution in [0.5, 0.6) is 0 Å². The van der Waals surface area contributed by atoms with Crippen LogP contribution in [0.3, 0.4) is 0 Å². The fourth-order valence-corrected chi connectivity index (χ4v) is 2.32. The summed E-state index contributed by atoms with van der Waals surface area (Å²) in [6.07, 6.45) is 1.30. The molecule has 0 fully saturated rings. The zero-order valence-electron chi connectivity index (χ0n) is 9.66. The number of ketones is 1. The molecule has 1 aromatic rings. The maximum atomic E-state index is 11.7. The second-order valence-electron chi connectivity index (χ2n) is 5.25. The Morgan fingerprint density at radius 1 is 1.20 bits per heavy atom. The van der Waals surface area contributed by atoms with E-state index in [1.54, 1.807) is 0 Å². The van der Waals surface area contributed by atoms with Gasteiger partial charge in [-0.2, -0.15) is 0 Å². The summed E-state index contributed by atoms with van der Waals surface area (Å²) in [5.41, 5.74) is 2.57. The molecule has 0 aliphatic heterocycles. The molecule has 0 bridgehead atoms. The van der Waals surface area contributed by atoms with Crippen LogP contribution in [-0.4, -0.2) is 31.4 Å². The zero-order chi connectivity index (χ0) is 11.1. The molecule has 2 nitrogen and oxygen atoms in total. The predicted octanol–water partition coefficient (Wildman–Crippen LogP) is 1.95. The fraction of sp³-hybridized carbons (Fsp3) is 0.462. The molecule has 0 saturated heterocycles. The van der Waals surface area contributed by atoms with Crippen molar-refractivity contribution >= 4 is 5.78 Å². The molecule has 1 aromatic carbocycles. The first kappa shape index (κ1) is 10.4. The van der Waals surface area contributed by atoms with Gasteiger partial charge in [-0.3, -0.25) is 4.79 Å². The van der Waals surface area contributed by atoms with Gasteiger partial charge in [0.25, 0.3) is 0 Å². The predicted molar refractivity (Wildman–Crippen MR) is 60.5 cm³/mol. The Balaban J connectivity index is 2.47. The summed E-state index contributed by atoms with van der Waals surface area (Å²) in [6, 6.07) is 8.65. The summed E-state index contributed by atoms with van der Waals surface area (Å²) in [6.45, 7) is 0. The van der Waals surface area contributed by atoms with Gasteiger partial charge in [-0.15, -0.1) is 0 Å². The molecule has 0 spiro atoms. The van der Waals surface area contributed by atoms with Crippen molar-refractivity contribution in [3.63, 3.8) is 0 Å². The van der Waals surface area contributed by atoms with Gasteiger partial charge in [0.1, 0.15) is 11.8 Å². The molecular weight excluding hydrogens is 186 g/mol. The molecule has 1 aliphatic carbocycles. The van der Waals surface area contributed by atoms with Gasteiger partial charge in [0.15, 0.2) is 0 Å². The molecule has 1 atom stereocenters. The van der Waals surface area contributed by atoms with Crippen LogP contribution in [-0.2, 0) is 11.2 Å².